The topological polar surface area (TPSA) is 69.6 Å². The third-order valence-electron chi connectivity index (χ3n) is 5.45. The van der Waals surface area contributed by atoms with E-state index in [1.807, 2.05) is 39.8 Å². The predicted octanol–water partition coefficient (Wildman–Crippen LogP) is 4.51. The first-order chi connectivity index (χ1) is 12.8. The summed E-state index contributed by atoms with van der Waals surface area (Å²) >= 11 is 0. The largest absolute Gasteiger partial charge is 0.507 e. The van der Waals surface area contributed by atoms with Crippen molar-refractivity contribution in [3.63, 3.8) is 0 Å². The van der Waals surface area contributed by atoms with Gasteiger partial charge in [0.1, 0.15) is 11.3 Å². The molecule has 152 valence electrons. The predicted molar refractivity (Wildman–Crippen MR) is 112 cm³/mol. The highest BCUT2D eigenvalue weighted by Crippen LogP contribution is 2.44. The Morgan fingerprint density at radius 2 is 1.68 bits per heavy atom. The molecule has 1 aliphatic heterocycles. The minimum atomic E-state index is -0.971. The molecule has 28 heavy (non-hydrogen) atoms. The molecule has 1 aromatic rings. The zero-order valence-corrected chi connectivity index (χ0v) is 17.9. The van der Waals surface area contributed by atoms with Crippen LogP contribution in [-0.4, -0.2) is 34.0 Å². The van der Waals surface area contributed by atoms with Gasteiger partial charge in [0.2, 0.25) is 0 Å². The zero-order valence-electron chi connectivity index (χ0n) is 17.9. The van der Waals surface area contributed by atoms with E-state index in [-0.39, 0.29) is 18.2 Å². The highest BCUT2D eigenvalue weighted by molar-refractivity contribution is 6.06. The van der Waals surface area contributed by atoms with Crippen molar-refractivity contribution in [3.8, 4) is 5.75 Å². The second-order valence-electron chi connectivity index (χ2n) is 8.93. The molecule has 5 heteroatoms. The van der Waals surface area contributed by atoms with E-state index in [4.69, 9.17) is 0 Å². The lowest BCUT2D eigenvalue weighted by Crippen LogP contribution is -2.51. The number of rotatable bonds is 7. The average molecular weight is 385 g/mol. The van der Waals surface area contributed by atoms with Crippen LogP contribution in [-0.2, 0) is 10.2 Å². The Morgan fingerprint density at radius 1 is 1.14 bits per heavy atom. The summed E-state index contributed by atoms with van der Waals surface area (Å²) in [5.41, 5.74) is 2.83. The van der Waals surface area contributed by atoms with Crippen LogP contribution < -0.4 is 5.32 Å². The van der Waals surface area contributed by atoms with Crippen molar-refractivity contribution in [3.05, 3.63) is 53.1 Å². The van der Waals surface area contributed by atoms with E-state index >= 15 is 0 Å². The smallest absolute Gasteiger partial charge is 0.325 e. The second kappa shape index (κ2) is 7.46. The van der Waals surface area contributed by atoms with Crippen molar-refractivity contribution in [2.45, 2.75) is 65.3 Å². The molecule has 3 amide bonds. The summed E-state index contributed by atoms with van der Waals surface area (Å²) in [6, 6.07) is 3.49. The Kier molecular flexibility index (Phi) is 5.79. The van der Waals surface area contributed by atoms with Crippen molar-refractivity contribution in [2.24, 2.45) is 0 Å². The number of hydrogen-bond donors (Lipinski definition) is 2. The molecule has 5 nitrogen and oxygen atoms in total. The fourth-order valence-electron chi connectivity index (χ4n) is 4.24. The number of benzene rings is 1. The first-order valence-electron chi connectivity index (χ1n) is 9.52. The molecule has 1 heterocycles. The summed E-state index contributed by atoms with van der Waals surface area (Å²) in [4.78, 5) is 26.5. The van der Waals surface area contributed by atoms with Crippen LogP contribution in [0.3, 0.4) is 0 Å². The Hall–Kier alpha value is -2.56. The third-order valence-corrected chi connectivity index (χ3v) is 5.45. The fraction of sp³-hybridized carbons (Fsp3) is 0.478. The Labute approximate surface area is 168 Å². The number of aryl methyl sites for hydroxylation is 2. The molecule has 2 rings (SSSR count). The maximum atomic E-state index is 12.6. The highest BCUT2D eigenvalue weighted by atomic mass is 16.3. The lowest BCUT2D eigenvalue weighted by molar-refractivity contribution is -0.125. The molecule has 0 spiro atoms. The first kappa shape index (κ1) is 21.7. The van der Waals surface area contributed by atoms with Crippen molar-refractivity contribution in [1.29, 1.82) is 0 Å². The van der Waals surface area contributed by atoms with Crippen LogP contribution in [0.5, 0.6) is 5.75 Å². The Morgan fingerprint density at radius 3 is 2.11 bits per heavy atom. The van der Waals surface area contributed by atoms with E-state index in [9.17, 15) is 14.7 Å². The van der Waals surface area contributed by atoms with Gasteiger partial charge in [-0.1, -0.05) is 28.8 Å². The molecule has 0 radical (unpaired) electrons. The van der Waals surface area contributed by atoms with Gasteiger partial charge in [-0.15, -0.1) is 13.2 Å². The number of nitrogens with zero attached hydrogens (tertiary/aromatic N) is 1. The van der Waals surface area contributed by atoms with Gasteiger partial charge in [-0.3, -0.25) is 10.1 Å². The summed E-state index contributed by atoms with van der Waals surface area (Å²) < 4.78 is 0. The van der Waals surface area contributed by atoms with Gasteiger partial charge in [-0.2, -0.15) is 0 Å². The number of hydrogen-bond acceptors (Lipinski definition) is 3. The van der Waals surface area contributed by atoms with Gasteiger partial charge in [0, 0.05) is 17.5 Å². The molecular weight excluding hydrogens is 352 g/mol. The molecule has 0 atom stereocenters. The molecule has 0 aliphatic carbocycles. The van der Waals surface area contributed by atoms with E-state index in [1.54, 1.807) is 18.7 Å². The van der Waals surface area contributed by atoms with Gasteiger partial charge >= 0.3 is 6.03 Å². The second-order valence-corrected chi connectivity index (χ2v) is 8.93. The molecule has 0 unspecified atom stereocenters. The number of allylic oxidation sites excluding steroid dienone is 2. The number of aromatic hydroxyl groups is 1. The maximum absolute atomic E-state index is 12.6. The summed E-state index contributed by atoms with van der Waals surface area (Å²) in [5, 5.41) is 13.4. The molecule has 0 bridgehead atoms. The summed E-state index contributed by atoms with van der Waals surface area (Å²) in [6.45, 7) is 19.7. The standard InChI is InChI=1S/C23H32N2O3/c1-14(2)11-23(12-15(3)4,18-10-16(5)9-17(6)19(18)26)13-25-21(28)24-20(27)22(25,7)8/h9-10,26H,1,3,11-13H2,2,4-8H3,(H,24,27,28). The normalized spacial score (nSPS) is 16.3. The van der Waals surface area contributed by atoms with Gasteiger partial charge in [0.15, 0.2) is 0 Å². The number of imide groups is 1. The number of urea groups is 1. The van der Waals surface area contributed by atoms with Crippen molar-refractivity contribution in [1.82, 2.24) is 10.2 Å². The highest BCUT2D eigenvalue weighted by Gasteiger charge is 2.49. The molecule has 0 aromatic heterocycles. The van der Waals surface area contributed by atoms with E-state index in [0.717, 1.165) is 27.8 Å². The van der Waals surface area contributed by atoms with Crippen molar-refractivity contribution in [2.75, 3.05) is 6.54 Å². The van der Waals surface area contributed by atoms with Crippen LogP contribution in [0.4, 0.5) is 4.79 Å². The number of carbonyl (C=O) groups is 2. The Bertz CT molecular complexity index is 836. The van der Waals surface area contributed by atoms with Gasteiger partial charge in [0.25, 0.3) is 5.91 Å². The number of phenols is 1. The first-order valence-corrected chi connectivity index (χ1v) is 9.52. The zero-order chi connectivity index (χ0) is 21.4. The summed E-state index contributed by atoms with van der Waals surface area (Å²) in [6.07, 6.45) is 1.12. The van der Waals surface area contributed by atoms with Crippen LogP contribution >= 0.6 is 0 Å². The monoisotopic (exact) mass is 384 g/mol. The van der Waals surface area contributed by atoms with Crippen LogP contribution in [0, 0.1) is 13.8 Å². The third kappa shape index (κ3) is 3.98. The van der Waals surface area contributed by atoms with Crippen LogP contribution in [0.1, 0.15) is 57.2 Å². The van der Waals surface area contributed by atoms with E-state index < -0.39 is 17.0 Å². The van der Waals surface area contributed by atoms with E-state index in [1.165, 1.54) is 0 Å². The number of amides is 3. The van der Waals surface area contributed by atoms with E-state index in [0.29, 0.717) is 12.8 Å². The lowest BCUT2D eigenvalue weighted by Gasteiger charge is -2.42. The van der Waals surface area contributed by atoms with Gasteiger partial charge in [0.05, 0.1) is 0 Å². The number of nitrogens with one attached hydrogen (secondary N) is 1. The lowest BCUT2D eigenvalue weighted by atomic mass is 9.69. The molecule has 2 N–H and O–H groups in total. The molecule has 1 saturated heterocycles. The maximum Gasteiger partial charge on any atom is 0.325 e. The van der Waals surface area contributed by atoms with Crippen molar-refractivity contribution >= 4 is 11.9 Å². The molecule has 1 fully saturated rings. The summed E-state index contributed by atoms with van der Waals surface area (Å²) in [5.74, 6) is -0.0986. The molecule has 1 aliphatic rings. The van der Waals surface area contributed by atoms with Crippen molar-refractivity contribution < 1.29 is 14.7 Å². The minimum absolute atomic E-state index is 0.219. The average Bonchev–Trinajstić information content (AvgIpc) is 2.71. The Balaban J connectivity index is 2.71. The SMILES string of the molecule is C=C(C)CC(CC(=C)C)(CN1C(=O)NC(=O)C1(C)C)c1cc(C)cc(C)c1O. The number of carbonyl (C=O) groups excluding carboxylic acids is 2. The quantitative estimate of drug-likeness (QED) is 0.537. The fourth-order valence-corrected chi connectivity index (χ4v) is 4.24. The van der Waals surface area contributed by atoms with Crippen LogP contribution in [0.25, 0.3) is 0 Å². The van der Waals surface area contributed by atoms with Gasteiger partial charge < -0.3 is 10.0 Å². The van der Waals surface area contributed by atoms with Crippen LogP contribution in [0.15, 0.2) is 36.4 Å². The van der Waals surface area contributed by atoms with Gasteiger partial charge in [-0.05, 0) is 59.9 Å². The molecular formula is C23H32N2O3. The molecule has 0 saturated carbocycles. The van der Waals surface area contributed by atoms with Crippen LogP contribution in [0.2, 0.25) is 0 Å². The number of phenolic OH excluding ortho intramolecular Hbond substituents is 1. The van der Waals surface area contributed by atoms with Gasteiger partial charge in [-0.25, -0.2) is 4.79 Å². The van der Waals surface area contributed by atoms with E-state index in [2.05, 4.69) is 18.5 Å². The summed E-state index contributed by atoms with van der Waals surface area (Å²) in [7, 11) is 0. The minimum Gasteiger partial charge on any atom is -0.507 e. The molecule has 1 aromatic carbocycles.